The molecule has 0 saturated carbocycles. The van der Waals surface area contributed by atoms with E-state index >= 15 is 0 Å². The van der Waals surface area contributed by atoms with Crippen molar-refractivity contribution in [1.29, 1.82) is 0 Å². The molecule has 3 unspecified atom stereocenters. The van der Waals surface area contributed by atoms with Crippen LogP contribution in [0.2, 0.25) is 0 Å². The molecule has 3 rings (SSSR count). The van der Waals surface area contributed by atoms with Gasteiger partial charge in [0, 0.05) is 24.1 Å². The predicted molar refractivity (Wildman–Crippen MR) is 96.2 cm³/mol. The fourth-order valence-electron chi connectivity index (χ4n) is 3.28. The number of fused-ring (bicyclic) bond motifs is 1. The molecule has 0 aliphatic carbocycles. The first-order valence-corrected chi connectivity index (χ1v) is 8.92. The molecule has 1 fully saturated rings. The molecule has 1 N–H and O–H groups in total. The smallest absolute Gasteiger partial charge is 0.261 e. The average Bonchev–Trinajstić information content (AvgIpc) is 2.49. The molecule has 0 amide bonds. The molecule has 1 aromatic carbocycles. The number of aliphatic hydroxyl groups is 1. The summed E-state index contributed by atoms with van der Waals surface area (Å²) in [6.45, 7) is 6.39. The zero-order valence-electron chi connectivity index (χ0n) is 13.9. The van der Waals surface area contributed by atoms with Crippen molar-refractivity contribution in [3.05, 3.63) is 39.4 Å². The van der Waals surface area contributed by atoms with Gasteiger partial charge in [-0.05, 0) is 32.0 Å². The maximum absolute atomic E-state index is 12.6. The van der Waals surface area contributed by atoms with E-state index in [0.717, 1.165) is 17.6 Å². The number of benzene rings is 1. The molecule has 130 valence electrons. The number of nitrogens with zero attached hydrogens (tertiary/aromatic N) is 3. The Kier molecular flexibility index (Phi) is 5.34. The van der Waals surface area contributed by atoms with E-state index < -0.39 is 6.10 Å². The largest absolute Gasteiger partial charge is 0.390 e. The van der Waals surface area contributed by atoms with Crippen LogP contribution in [0, 0.1) is 0 Å². The summed E-state index contributed by atoms with van der Waals surface area (Å²) in [4.78, 5) is 19.1. The topological polar surface area (TPSA) is 67.6 Å². The second-order valence-corrected chi connectivity index (χ2v) is 7.41. The van der Waals surface area contributed by atoms with Crippen molar-refractivity contribution in [3.8, 4) is 0 Å². The van der Waals surface area contributed by atoms with Crippen molar-refractivity contribution in [2.75, 3.05) is 19.6 Å². The van der Waals surface area contributed by atoms with Gasteiger partial charge < -0.3 is 9.84 Å². The first-order chi connectivity index (χ1) is 11.4. The minimum atomic E-state index is -0.633. The first kappa shape index (κ1) is 17.5. The van der Waals surface area contributed by atoms with Crippen molar-refractivity contribution < 1.29 is 9.84 Å². The van der Waals surface area contributed by atoms with Gasteiger partial charge in [-0.25, -0.2) is 4.98 Å². The third kappa shape index (κ3) is 4.03. The molecule has 0 radical (unpaired) electrons. The van der Waals surface area contributed by atoms with Crippen LogP contribution in [-0.2, 0) is 11.3 Å². The molecule has 6 nitrogen and oxygen atoms in total. The van der Waals surface area contributed by atoms with E-state index in [1.807, 2.05) is 19.9 Å². The van der Waals surface area contributed by atoms with Crippen molar-refractivity contribution in [3.63, 3.8) is 0 Å². The van der Waals surface area contributed by atoms with E-state index in [-0.39, 0.29) is 24.3 Å². The summed E-state index contributed by atoms with van der Waals surface area (Å²) >= 11 is 3.38. The monoisotopic (exact) mass is 395 g/mol. The third-order valence-electron chi connectivity index (χ3n) is 4.16. The van der Waals surface area contributed by atoms with E-state index in [9.17, 15) is 9.90 Å². The summed E-state index contributed by atoms with van der Waals surface area (Å²) in [5, 5.41) is 10.9. The molecule has 0 spiro atoms. The molecular formula is C17H22BrN3O3. The molecule has 3 atom stereocenters. The lowest BCUT2D eigenvalue weighted by molar-refractivity contribution is -0.0773. The standard InChI is InChI=1S/C17H22BrN3O3/c1-11-6-20(7-12(2)24-11)8-14(22)9-21-10-19-16-4-3-13(18)5-15(16)17(21)23/h3-5,10-12,14,22H,6-9H2,1-2H3. The third-order valence-corrected chi connectivity index (χ3v) is 4.65. The van der Waals surface area contributed by atoms with Crippen molar-refractivity contribution >= 4 is 26.8 Å². The summed E-state index contributed by atoms with van der Waals surface area (Å²) < 4.78 is 8.02. The fourth-order valence-corrected chi connectivity index (χ4v) is 3.64. The van der Waals surface area contributed by atoms with E-state index in [1.54, 1.807) is 12.1 Å². The summed E-state index contributed by atoms with van der Waals surface area (Å²) in [5.41, 5.74) is 0.522. The van der Waals surface area contributed by atoms with Crippen molar-refractivity contribution in [2.45, 2.75) is 38.7 Å². The number of ether oxygens (including phenoxy) is 1. The normalized spacial score (nSPS) is 23.5. The molecule has 2 heterocycles. The van der Waals surface area contributed by atoms with Crippen LogP contribution in [0.1, 0.15) is 13.8 Å². The number of β-amino-alcohol motifs (C(OH)–C–C–N with tert-alkyl or cyclic N) is 1. The van der Waals surface area contributed by atoms with E-state index in [4.69, 9.17) is 4.74 Å². The molecule has 0 bridgehead atoms. The van der Waals surface area contributed by atoms with Crippen LogP contribution in [0.25, 0.3) is 10.9 Å². The van der Waals surface area contributed by atoms with E-state index in [1.165, 1.54) is 10.9 Å². The SMILES string of the molecule is CC1CN(CC(O)Cn2cnc3ccc(Br)cc3c2=O)CC(C)O1. The van der Waals surface area contributed by atoms with Crippen LogP contribution in [0.5, 0.6) is 0 Å². The zero-order chi connectivity index (χ0) is 17.3. The van der Waals surface area contributed by atoms with Gasteiger partial charge in [0.2, 0.25) is 0 Å². The van der Waals surface area contributed by atoms with Crippen LogP contribution in [0.15, 0.2) is 33.8 Å². The van der Waals surface area contributed by atoms with Crippen molar-refractivity contribution in [2.24, 2.45) is 0 Å². The molecule has 2 aromatic rings. The van der Waals surface area contributed by atoms with Crippen LogP contribution in [-0.4, -0.2) is 57.5 Å². The first-order valence-electron chi connectivity index (χ1n) is 8.13. The number of halogens is 1. The molecular weight excluding hydrogens is 374 g/mol. The van der Waals surface area contributed by atoms with Crippen LogP contribution in [0.4, 0.5) is 0 Å². The summed E-state index contributed by atoms with van der Waals surface area (Å²) in [5.74, 6) is 0. The number of hydrogen-bond donors (Lipinski definition) is 1. The van der Waals surface area contributed by atoms with Gasteiger partial charge in [-0.2, -0.15) is 0 Å². The second kappa shape index (κ2) is 7.31. The van der Waals surface area contributed by atoms with Crippen LogP contribution >= 0.6 is 15.9 Å². The van der Waals surface area contributed by atoms with Gasteiger partial charge >= 0.3 is 0 Å². The van der Waals surface area contributed by atoms with Crippen LogP contribution < -0.4 is 5.56 Å². The Morgan fingerprint density at radius 2 is 2.04 bits per heavy atom. The Hall–Kier alpha value is -1.28. The maximum atomic E-state index is 12.6. The van der Waals surface area contributed by atoms with Crippen LogP contribution in [0.3, 0.4) is 0 Å². The lowest BCUT2D eigenvalue weighted by Crippen LogP contribution is -2.48. The Bertz CT molecular complexity index is 769. The summed E-state index contributed by atoms with van der Waals surface area (Å²) in [6.07, 6.45) is 1.19. The molecule has 1 aliphatic heterocycles. The van der Waals surface area contributed by atoms with Gasteiger partial charge in [-0.15, -0.1) is 0 Å². The fraction of sp³-hybridized carbons (Fsp3) is 0.529. The number of aromatic nitrogens is 2. The van der Waals surface area contributed by atoms with Gasteiger partial charge in [-0.1, -0.05) is 15.9 Å². The summed E-state index contributed by atoms with van der Waals surface area (Å²) in [6, 6.07) is 5.42. The Morgan fingerprint density at radius 1 is 1.33 bits per heavy atom. The average molecular weight is 396 g/mol. The number of morpholine rings is 1. The zero-order valence-corrected chi connectivity index (χ0v) is 15.4. The van der Waals surface area contributed by atoms with Gasteiger partial charge in [0.25, 0.3) is 5.56 Å². The molecule has 24 heavy (non-hydrogen) atoms. The highest BCUT2D eigenvalue weighted by Gasteiger charge is 2.24. The van der Waals surface area contributed by atoms with Gasteiger partial charge in [0.1, 0.15) is 0 Å². The van der Waals surface area contributed by atoms with Gasteiger partial charge in [-0.3, -0.25) is 14.3 Å². The Balaban J connectivity index is 1.72. The maximum Gasteiger partial charge on any atom is 0.261 e. The second-order valence-electron chi connectivity index (χ2n) is 6.49. The van der Waals surface area contributed by atoms with E-state index in [2.05, 4.69) is 25.8 Å². The quantitative estimate of drug-likeness (QED) is 0.851. The number of hydrogen-bond acceptors (Lipinski definition) is 5. The highest BCUT2D eigenvalue weighted by Crippen LogP contribution is 2.15. The highest BCUT2D eigenvalue weighted by molar-refractivity contribution is 9.10. The highest BCUT2D eigenvalue weighted by atomic mass is 79.9. The number of rotatable bonds is 4. The molecule has 1 aliphatic rings. The Morgan fingerprint density at radius 3 is 2.75 bits per heavy atom. The summed E-state index contributed by atoms with van der Waals surface area (Å²) in [7, 11) is 0. The lowest BCUT2D eigenvalue weighted by Gasteiger charge is -2.36. The molecule has 7 heteroatoms. The Labute approximate surface area is 149 Å². The predicted octanol–water partition coefficient (Wildman–Crippen LogP) is 1.63. The molecule has 1 aromatic heterocycles. The van der Waals surface area contributed by atoms with E-state index in [0.29, 0.717) is 17.4 Å². The minimum absolute atomic E-state index is 0.135. The lowest BCUT2D eigenvalue weighted by atomic mass is 10.2. The van der Waals surface area contributed by atoms with Crippen molar-refractivity contribution in [1.82, 2.24) is 14.5 Å². The van der Waals surface area contributed by atoms with Gasteiger partial charge in [0.05, 0.1) is 42.1 Å². The number of aliphatic hydroxyl groups excluding tert-OH is 1. The molecule has 1 saturated heterocycles. The minimum Gasteiger partial charge on any atom is -0.390 e. The van der Waals surface area contributed by atoms with Gasteiger partial charge in [0.15, 0.2) is 0 Å².